The molecule has 0 aliphatic rings. The lowest BCUT2D eigenvalue weighted by molar-refractivity contribution is 1.43. The summed E-state index contributed by atoms with van der Waals surface area (Å²) in [4.78, 5) is 0.869. The summed E-state index contributed by atoms with van der Waals surface area (Å²) in [5, 5.41) is 10.1. The van der Waals surface area contributed by atoms with Crippen LogP contribution in [0.3, 0.4) is 0 Å². The maximum Gasteiger partial charge on any atom is 0.105 e. The first kappa shape index (κ1) is 11.4. The zero-order valence-electron chi connectivity index (χ0n) is 8.29. The molecule has 1 heterocycles. The van der Waals surface area contributed by atoms with E-state index in [1.165, 1.54) is 11.5 Å². The maximum atomic E-state index is 9.06. The van der Waals surface area contributed by atoms with Gasteiger partial charge in [-0.2, -0.15) is 9.64 Å². The van der Waals surface area contributed by atoms with E-state index in [9.17, 15) is 0 Å². The van der Waals surface area contributed by atoms with Gasteiger partial charge in [-0.05, 0) is 30.6 Å². The number of aromatic nitrogens is 1. The third kappa shape index (κ3) is 1.80. The molecule has 2 rings (SSSR count). The fraction of sp³-hybridized carbons (Fsp3) is 0.0909. The van der Waals surface area contributed by atoms with Crippen molar-refractivity contribution in [1.82, 2.24) is 4.37 Å². The first-order valence-corrected chi connectivity index (χ1v) is 5.99. The Labute approximate surface area is 107 Å². The van der Waals surface area contributed by atoms with E-state index in [2.05, 4.69) is 10.4 Å². The summed E-state index contributed by atoms with van der Waals surface area (Å²) in [6, 6.07) is 7.36. The van der Waals surface area contributed by atoms with Gasteiger partial charge in [0, 0.05) is 10.4 Å². The zero-order chi connectivity index (χ0) is 11.7. The number of hydrogen-bond donors (Lipinski definition) is 0. The number of nitrogens with zero attached hydrogens (tertiary/aromatic N) is 2. The van der Waals surface area contributed by atoms with Gasteiger partial charge in [0.05, 0.1) is 15.6 Å². The molecule has 2 nitrogen and oxygen atoms in total. The van der Waals surface area contributed by atoms with Gasteiger partial charge in [0.2, 0.25) is 0 Å². The van der Waals surface area contributed by atoms with E-state index in [1.54, 1.807) is 18.2 Å². The Bertz CT molecular complexity index is 564. The molecule has 0 amide bonds. The molecule has 80 valence electrons. The van der Waals surface area contributed by atoms with Crippen LogP contribution in [0, 0.1) is 18.3 Å². The highest BCUT2D eigenvalue weighted by molar-refractivity contribution is 7.06. The Balaban J connectivity index is 2.74. The van der Waals surface area contributed by atoms with Crippen LogP contribution in [-0.4, -0.2) is 4.37 Å². The maximum absolute atomic E-state index is 9.06. The van der Waals surface area contributed by atoms with Gasteiger partial charge in [-0.3, -0.25) is 0 Å². The number of nitriles is 1. The minimum atomic E-state index is 0.509. The van der Waals surface area contributed by atoms with E-state index < -0.39 is 0 Å². The third-order valence-electron chi connectivity index (χ3n) is 2.17. The van der Waals surface area contributed by atoms with Gasteiger partial charge in [0.1, 0.15) is 11.8 Å². The molecule has 0 fully saturated rings. The summed E-state index contributed by atoms with van der Waals surface area (Å²) >= 11 is 13.4. The molecule has 1 aromatic heterocycles. The van der Waals surface area contributed by atoms with Crippen molar-refractivity contribution in [2.24, 2.45) is 0 Å². The average molecular weight is 269 g/mol. The van der Waals surface area contributed by atoms with Crippen molar-refractivity contribution in [2.75, 3.05) is 0 Å². The summed E-state index contributed by atoms with van der Waals surface area (Å²) in [6.07, 6.45) is 0. The highest BCUT2D eigenvalue weighted by Crippen LogP contribution is 2.37. The van der Waals surface area contributed by atoms with Crippen LogP contribution < -0.4 is 0 Å². The highest BCUT2D eigenvalue weighted by atomic mass is 35.5. The van der Waals surface area contributed by atoms with Crippen LogP contribution in [-0.2, 0) is 0 Å². The van der Waals surface area contributed by atoms with E-state index in [1.807, 2.05) is 6.92 Å². The van der Waals surface area contributed by atoms with E-state index in [4.69, 9.17) is 28.5 Å². The fourth-order valence-electron chi connectivity index (χ4n) is 1.40. The van der Waals surface area contributed by atoms with Crippen LogP contribution in [0.1, 0.15) is 10.4 Å². The lowest BCUT2D eigenvalue weighted by Gasteiger charge is -2.03. The van der Waals surface area contributed by atoms with E-state index in [0.29, 0.717) is 26.9 Å². The molecule has 0 bridgehead atoms. The summed E-state index contributed by atoms with van der Waals surface area (Å²) in [6.45, 7) is 1.85. The molecule has 0 saturated heterocycles. The quantitative estimate of drug-likeness (QED) is 0.774. The predicted molar refractivity (Wildman–Crippen MR) is 67.0 cm³/mol. The van der Waals surface area contributed by atoms with Gasteiger partial charge in [0.15, 0.2) is 0 Å². The fourth-order valence-corrected chi connectivity index (χ4v) is 2.62. The lowest BCUT2D eigenvalue weighted by atomic mass is 10.1. The lowest BCUT2D eigenvalue weighted by Crippen LogP contribution is -1.85. The zero-order valence-corrected chi connectivity index (χ0v) is 10.6. The Morgan fingerprint density at radius 1 is 1.31 bits per heavy atom. The van der Waals surface area contributed by atoms with E-state index in [-0.39, 0.29) is 0 Å². The Morgan fingerprint density at radius 2 is 1.94 bits per heavy atom. The minimum Gasteiger partial charge on any atom is -0.192 e. The molecule has 2 aromatic rings. The van der Waals surface area contributed by atoms with Crippen LogP contribution in [0.25, 0.3) is 11.3 Å². The van der Waals surface area contributed by atoms with Crippen LogP contribution in [0.5, 0.6) is 0 Å². The molecule has 0 spiro atoms. The van der Waals surface area contributed by atoms with Crippen molar-refractivity contribution in [3.05, 3.63) is 38.7 Å². The van der Waals surface area contributed by atoms with Crippen molar-refractivity contribution in [3.63, 3.8) is 0 Å². The molecule has 0 aliphatic heterocycles. The Morgan fingerprint density at radius 3 is 2.50 bits per heavy atom. The monoisotopic (exact) mass is 268 g/mol. The molecule has 1 aromatic carbocycles. The van der Waals surface area contributed by atoms with Crippen molar-refractivity contribution < 1.29 is 0 Å². The molecule has 0 radical (unpaired) electrons. The highest BCUT2D eigenvalue weighted by Gasteiger charge is 2.17. The summed E-state index contributed by atoms with van der Waals surface area (Å²) < 4.78 is 4.23. The van der Waals surface area contributed by atoms with Gasteiger partial charge in [-0.25, -0.2) is 0 Å². The van der Waals surface area contributed by atoms with E-state index in [0.717, 1.165) is 4.88 Å². The van der Waals surface area contributed by atoms with Crippen molar-refractivity contribution in [3.8, 4) is 17.3 Å². The van der Waals surface area contributed by atoms with Gasteiger partial charge in [0.25, 0.3) is 0 Å². The Hall–Kier alpha value is -1.08. The normalized spacial score (nSPS) is 10.1. The number of benzene rings is 1. The van der Waals surface area contributed by atoms with Gasteiger partial charge in [-0.1, -0.05) is 29.3 Å². The SMILES string of the molecule is Cc1snc(-c2c(Cl)cccc2Cl)c1C#N. The molecule has 5 heteroatoms. The topological polar surface area (TPSA) is 36.7 Å². The molecule has 0 unspecified atom stereocenters. The number of halogens is 2. The summed E-state index contributed by atoms with van der Waals surface area (Å²) in [5.74, 6) is 0. The van der Waals surface area contributed by atoms with Gasteiger partial charge in [-0.15, -0.1) is 0 Å². The first-order chi connectivity index (χ1) is 7.65. The van der Waals surface area contributed by atoms with Crippen molar-refractivity contribution in [2.45, 2.75) is 6.92 Å². The molecule has 0 aliphatic carbocycles. The number of hydrogen-bond acceptors (Lipinski definition) is 3. The predicted octanol–water partition coefficient (Wildman–Crippen LogP) is 4.30. The van der Waals surface area contributed by atoms with Crippen LogP contribution >= 0.6 is 34.7 Å². The Kier molecular flexibility index (Phi) is 3.15. The first-order valence-electron chi connectivity index (χ1n) is 4.46. The van der Waals surface area contributed by atoms with Crippen LogP contribution in [0.15, 0.2) is 18.2 Å². The molecule has 0 N–H and O–H groups in total. The summed E-state index contributed by atoms with van der Waals surface area (Å²) in [7, 11) is 0. The van der Waals surface area contributed by atoms with Gasteiger partial charge < -0.3 is 0 Å². The van der Waals surface area contributed by atoms with Crippen molar-refractivity contribution >= 4 is 34.7 Å². The standard InChI is InChI=1S/C11H6Cl2N2S/c1-6-7(5-14)11(15-16-6)10-8(12)3-2-4-9(10)13/h2-4H,1H3. The molecular weight excluding hydrogens is 263 g/mol. The smallest absolute Gasteiger partial charge is 0.105 e. The molecular formula is C11H6Cl2N2S. The number of aryl methyl sites for hydroxylation is 1. The average Bonchev–Trinajstić information content (AvgIpc) is 2.59. The third-order valence-corrected chi connectivity index (χ3v) is 3.56. The second-order valence-electron chi connectivity index (χ2n) is 3.17. The second kappa shape index (κ2) is 4.42. The summed E-state index contributed by atoms with van der Waals surface area (Å²) in [5.41, 5.74) is 1.74. The van der Waals surface area contributed by atoms with Crippen LogP contribution in [0.2, 0.25) is 10.0 Å². The number of rotatable bonds is 1. The molecule has 16 heavy (non-hydrogen) atoms. The van der Waals surface area contributed by atoms with E-state index >= 15 is 0 Å². The van der Waals surface area contributed by atoms with Gasteiger partial charge >= 0.3 is 0 Å². The van der Waals surface area contributed by atoms with Crippen molar-refractivity contribution in [1.29, 1.82) is 5.26 Å². The second-order valence-corrected chi connectivity index (χ2v) is 4.96. The molecule has 0 atom stereocenters. The molecule has 0 saturated carbocycles. The minimum absolute atomic E-state index is 0.509. The van der Waals surface area contributed by atoms with Crippen LogP contribution in [0.4, 0.5) is 0 Å². The largest absolute Gasteiger partial charge is 0.192 e.